The molecule has 0 saturated carbocycles. The maximum Gasteiger partial charge on any atom is 0.0925 e. The van der Waals surface area contributed by atoms with E-state index < -0.39 is 0 Å². The molecule has 1 aromatic heterocycles. The number of nitrogens with one attached hydrogen (secondary N) is 1. The number of thiazole rings is 1. The van der Waals surface area contributed by atoms with Crippen molar-refractivity contribution in [1.29, 1.82) is 0 Å². The van der Waals surface area contributed by atoms with Crippen molar-refractivity contribution < 1.29 is 5.11 Å². The van der Waals surface area contributed by atoms with Crippen LogP contribution in [0, 0.1) is 0 Å². The van der Waals surface area contributed by atoms with Crippen molar-refractivity contribution >= 4 is 11.3 Å². The molecule has 0 aliphatic heterocycles. The molecule has 2 N–H and O–H groups in total. The molecule has 0 aromatic carbocycles. The summed E-state index contributed by atoms with van der Waals surface area (Å²) >= 11 is 1.76. The molecular formula is C10H18N2OS. The number of aliphatic hydroxyl groups is 1. The zero-order chi connectivity index (χ0) is 10.4. The topological polar surface area (TPSA) is 45.2 Å². The molecular weight excluding hydrogens is 196 g/mol. The van der Waals surface area contributed by atoms with Crippen molar-refractivity contribution in [3.63, 3.8) is 0 Å². The van der Waals surface area contributed by atoms with E-state index in [1.165, 1.54) is 9.88 Å². The van der Waals surface area contributed by atoms with E-state index in [-0.39, 0.29) is 6.61 Å². The van der Waals surface area contributed by atoms with Crippen LogP contribution >= 0.6 is 11.3 Å². The van der Waals surface area contributed by atoms with Gasteiger partial charge in [0.2, 0.25) is 0 Å². The van der Waals surface area contributed by atoms with Gasteiger partial charge in [0.15, 0.2) is 0 Å². The van der Waals surface area contributed by atoms with Gasteiger partial charge in [-0.2, -0.15) is 0 Å². The second-order valence-corrected chi connectivity index (χ2v) is 4.57. The average Bonchev–Trinajstić information content (AvgIpc) is 2.63. The van der Waals surface area contributed by atoms with E-state index in [0.717, 1.165) is 19.4 Å². The monoisotopic (exact) mass is 214 g/mol. The molecule has 0 saturated heterocycles. The first kappa shape index (κ1) is 11.6. The summed E-state index contributed by atoms with van der Waals surface area (Å²) < 4.78 is 0. The van der Waals surface area contributed by atoms with Gasteiger partial charge < -0.3 is 10.4 Å². The van der Waals surface area contributed by atoms with Crippen LogP contribution in [0.25, 0.3) is 0 Å². The summed E-state index contributed by atoms with van der Waals surface area (Å²) in [6.45, 7) is 5.30. The number of nitrogens with zero attached hydrogens (tertiary/aromatic N) is 1. The van der Waals surface area contributed by atoms with E-state index in [0.29, 0.717) is 6.04 Å². The molecule has 4 heteroatoms. The maximum atomic E-state index is 8.73. The van der Waals surface area contributed by atoms with Crippen molar-refractivity contribution in [1.82, 2.24) is 10.3 Å². The van der Waals surface area contributed by atoms with Crippen LogP contribution in [0.5, 0.6) is 0 Å². The molecule has 1 atom stereocenters. The second kappa shape index (κ2) is 6.11. The molecule has 0 unspecified atom stereocenters. The minimum absolute atomic E-state index is 0.247. The van der Waals surface area contributed by atoms with Gasteiger partial charge >= 0.3 is 0 Å². The minimum atomic E-state index is 0.247. The van der Waals surface area contributed by atoms with E-state index in [9.17, 15) is 0 Å². The van der Waals surface area contributed by atoms with E-state index in [1.54, 1.807) is 11.3 Å². The van der Waals surface area contributed by atoms with E-state index in [2.05, 4.69) is 24.1 Å². The highest BCUT2D eigenvalue weighted by molar-refractivity contribution is 7.11. The van der Waals surface area contributed by atoms with Gasteiger partial charge in [0.1, 0.15) is 0 Å². The molecule has 0 amide bonds. The highest BCUT2D eigenvalue weighted by Crippen LogP contribution is 2.13. The van der Waals surface area contributed by atoms with Gasteiger partial charge in [-0.3, -0.25) is 0 Å². The third kappa shape index (κ3) is 3.74. The molecule has 0 radical (unpaired) electrons. The van der Waals surface area contributed by atoms with Gasteiger partial charge in [-0.1, -0.05) is 6.92 Å². The lowest BCUT2D eigenvalue weighted by Gasteiger charge is -2.10. The predicted molar refractivity (Wildman–Crippen MR) is 59.5 cm³/mol. The van der Waals surface area contributed by atoms with Crippen LogP contribution in [0.2, 0.25) is 0 Å². The number of aryl methyl sites for hydroxylation is 1. The van der Waals surface area contributed by atoms with Gasteiger partial charge in [0.25, 0.3) is 0 Å². The average molecular weight is 214 g/mol. The fourth-order valence-electron chi connectivity index (χ4n) is 1.16. The molecule has 0 fully saturated rings. The van der Waals surface area contributed by atoms with E-state index in [4.69, 9.17) is 5.11 Å². The Morgan fingerprint density at radius 2 is 2.43 bits per heavy atom. The first-order chi connectivity index (χ1) is 6.76. The van der Waals surface area contributed by atoms with Crippen LogP contribution in [0.1, 0.15) is 30.2 Å². The Hall–Kier alpha value is -0.450. The van der Waals surface area contributed by atoms with Crippen molar-refractivity contribution in [3.8, 4) is 0 Å². The lowest BCUT2D eigenvalue weighted by atomic mass is 10.2. The lowest BCUT2D eigenvalue weighted by Crippen LogP contribution is -2.25. The van der Waals surface area contributed by atoms with Crippen molar-refractivity contribution in [2.24, 2.45) is 0 Å². The zero-order valence-electron chi connectivity index (χ0n) is 8.79. The molecule has 1 rings (SSSR count). The Bertz CT molecular complexity index is 262. The largest absolute Gasteiger partial charge is 0.396 e. The molecule has 1 heterocycles. The molecule has 3 nitrogen and oxygen atoms in total. The lowest BCUT2D eigenvalue weighted by molar-refractivity contribution is 0.269. The molecule has 1 aromatic rings. The Kier molecular flexibility index (Phi) is 5.07. The van der Waals surface area contributed by atoms with E-state index in [1.807, 2.05) is 6.20 Å². The number of hydrogen-bond acceptors (Lipinski definition) is 4. The standard InChI is InChI=1S/C10H18N2OS/c1-3-10-12-7-9(14-10)6-11-8(2)4-5-13/h7-8,11,13H,3-6H2,1-2H3/t8-/m1/s1. The quantitative estimate of drug-likeness (QED) is 0.755. The van der Waals surface area contributed by atoms with Crippen LogP contribution < -0.4 is 5.32 Å². The van der Waals surface area contributed by atoms with Gasteiger partial charge in [0, 0.05) is 30.3 Å². The summed E-state index contributed by atoms with van der Waals surface area (Å²) in [7, 11) is 0. The van der Waals surface area contributed by atoms with Crippen molar-refractivity contribution in [2.45, 2.75) is 39.3 Å². The van der Waals surface area contributed by atoms with Crippen LogP contribution in [0.15, 0.2) is 6.20 Å². The van der Waals surface area contributed by atoms with Crippen LogP contribution in [-0.4, -0.2) is 22.7 Å². The molecule has 0 bridgehead atoms. The summed E-state index contributed by atoms with van der Waals surface area (Å²) in [5.74, 6) is 0. The summed E-state index contributed by atoms with van der Waals surface area (Å²) in [6, 6.07) is 0.368. The van der Waals surface area contributed by atoms with Crippen molar-refractivity contribution in [2.75, 3.05) is 6.61 Å². The first-order valence-corrected chi connectivity index (χ1v) is 5.85. The Morgan fingerprint density at radius 3 is 3.00 bits per heavy atom. The van der Waals surface area contributed by atoms with Gasteiger partial charge in [-0.25, -0.2) is 4.98 Å². The Morgan fingerprint density at radius 1 is 1.64 bits per heavy atom. The predicted octanol–water partition coefficient (Wildman–Crippen LogP) is 1.57. The summed E-state index contributed by atoms with van der Waals surface area (Å²) in [5.41, 5.74) is 0. The van der Waals surface area contributed by atoms with E-state index >= 15 is 0 Å². The Labute approximate surface area is 89.2 Å². The number of aliphatic hydroxyl groups excluding tert-OH is 1. The highest BCUT2D eigenvalue weighted by atomic mass is 32.1. The molecule has 14 heavy (non-hydrogen) atoms. The fraction of sp³-hybridized carbons (Fsp3) is 0.700. The Balaban J connectivity index is 2.30. The SMILES string of the molecule is CCc1ncc(CN[C@H](C)CCO)s1. The zero-order valence-corrected chi connectivity index (χ0v) is 9.60. The normalized spacial score (nSPS) is 13.1. The highest BCUT2D eigenvalue weighted by Gasteiger charge is 2.03. The first-order valence-electron chi connectivity index (χ1n) is 5.04. The summed E-state index contributed by atoms with van der Waals surface area (Å²) in [5, 5.41) is 13.3. The molecule has 0 aliphatic carbocycles. The molecule has 80 valence electrons. The minimum Gasteiger partial charge on any atom is -0.396 e. The second-order valence-electron chi connectivity index (χ2n) is 3.37. The van der Waals surface area contributed by atoms with Crippen LogP contribution in [-0.2, 0) is 13.0 Å². The fourth-order valence-corrected chi connectivity index (χ4v) is 1.98. The third-order valence-electron chi connectivity index (χ3n) is 2.09. The number of aromatic nitrogens is 1. The van der Waals surface area contributed by atoms with Crippen molar-refractivity contribution in [3.05, 3.63) is 16.1 Å². The van der Waals surface area contributed by atoms with Gasteiger partial charge in [-0.15, -0.1) is 11.3 Å². The molecule has 0 spiro atoms. The van der Waals surface area contributed by atoms with Crippen LogP contribution in [0.4, 0.5) is 0 Å². The summed E-state index contributed by atoms with van der Waals surface area (Å²) in [6.07, 6.45) is 3.75. The van der Waals surface area contributed by atoms with Crippen LogP contribution in [0.3, 0.4) is 0 Å². The maximum absolute atomic E-state index is 8.73. The molecule has 0 aliphatic rings. The van der Waals surface area contributed by atoms with Gasteiger partial charge in [0.05, 0.1) is 5.01 Å². The van der Waals surface area contributed by atoms with Gasteiger partial charge in [-0.05, 0) is 19.8 Å². The smallest absolute Gasteiger partial charge is 0.0925 e. The summed E-state index contributed by atoms with van der Waals surface area (Å²) in [4.78, 5) is 5.56. The number of hydrogen-bond donors (Lipinski definition) is 2. The number of rotatable bonds is 6. The third-order valence-corrected chi connectivity index (χ3v) is 3.23.